The molecule has 0 saturated carbocycles. The largest absolute Gasteiger partial charge is 0.133 e. The van der Waals surface area contributed by atoms with E-state index in [2.05, 4.69) is 22.9 Å². The molecule has 5 heteroatoms. The normalized spacial score (nSPS) is 12.7. The molecule has 5 heterocycles. The minimum atomic E-state index is 1.46. The first-order chi connectivity index (χ1) is 8.42. The van der Waals surface area contributed by atoms with Crippen LogP contribution < -0.4 is 0 Å². The quantitative estimate of drug-likeness (QED) is 0.302. The van der Waals surface area contributed by atoms with Crippen molar-refractivity contribution in [2.24, 2.45) is 0 Å². The van der Waals surface area contributed by atoms with Gasteiger partial charge in [-0.3, -0.25) is 0 Å². The fourth-order valence-corrected chi connectivity index (χ4v) is 8.70. The van der Waals surface area contributed by atoms with Gasteiger partial charge in [-0.2, -0.15) is 0 Å². The smallest absolute Gasteiger partial charge is 0.0886 e. The van der Waals surface area contributed by atoms with E-state index in [1.54, 1.807) is 0 Å². The highest BCUT2D eigenvalue weighted by Gasteiger charge is 2.17. The molecule has 0 aliphatic heterocycles. The highest BCUT2D eigenvalue weighted by atomic mass is 32.2. The van der Waals surface area contributed by atoms with Crippen LogP contribution in [0, 0.1) is 0 Å². The van der Waals surface area contributed by atoms with Crippen molar-refractivity contribution in [3.05, 3.63) is 22.9 Å². The molecule has 5 aromatic heterocycles. The van der Waals surface area contributed by atoms with Gasteiger partial charge in [0.05, 0.1) is 26.8 Å². The molecule has 0 spiro atoms. The van der Waals surface area contributed by atoms with Crippen molar-refractivity contribution in [1.82, 2.24) is 0 Å². The molecule has 5 rings (SSSR count). The Kier molecular flexibility index (Phi) is 1.73. The lowest BCUT2D eigenvalue weighted by atomic mass is 10.3. The van der Waals surface area contributed by atoms with Crippen LogP contribution >= 0.6 is 56.7 Å². The zero-order valence-corrected chi connectivity index (χ0v) is 12.4. The van der Waals surface area contributed by atoms with Crippen molar-refractivity contribution in [3.63, 3.8) is 0 Å². The molecule has 0 nitrogen and oxygen atoms in total. The highest BCUT2D eigenvalue weighted by molar-refractivity contribution is 7.50. The van der Waals surface area contributed by atoms with Gasteiger partial charge in [-0.25, -0.2) is 0 Å². The Balaban J connectivity index is 2.16. The summed E-state index contributed by atoms with van der Waals surface area (Å²) in [4.78, 5) is 0. The maximum absolute atomic E-state index is 2.27. The van der Waals surface area contributed by atoms with Crippen LogP contribution in [0.3, 0.4) is 0 Å². The molecule has 5 aromatic rings. The van der Waals surface area contributed by atoms with Crippen molar-refractivity contribution >= 4 is 94.3 Å². The number of hydrogen-bond acceptors (Lipinski definition) is 5. The van der Waals surface area contributed by atoms with E-state index >= 15 is 0 Å². The van der Waals surface area contributed by atoms with Crippen LogP contribution in [0.4, 0.5) is 0 Å². The van der Waals surface area contributed by atoms with E-state index < -0.39 is 0 Å². The Labute approximate surface area is 116 Å². The summed E-state index contributed by atoms with van der Waals surface area (Å²) < 4.78 is 8.98. The Bertz CT molecular complexity index is 904. The van der Waals surface area contributed by atoms with Gasteiger partial charge in [-0.15, -0.1) is 56.7 Å². The van der Waals surface area contributed by atoms with Gasteiger partial charge in [0.15, 0.2) is 0 Å². The Morgan fingerprint density at radius 1 is 0.588 bits per heavy atom. The number of fused-ring (bicyclic) bond motifs is 7. The lowest BCUT2D eigenvalue weighted by molar-refractivity contribution is 2.23. The zero-order chi connectivity index (χ0) is 11.0. The van der Waals surface area contributed by atoms with Gasteiger partial charge in [0.25, 0.3) is 0 Å². The highest BCUT2D eigenvalue weighted by Crippen LogP contribution is 2.51. The molecule has 0 bridgehead atoms. The molecule has 82 valence electrons. The van der Waals surface area contributed by atoms with Crippen molar-refractivity contribution < 1.29 is 0 Å². The van der Waals surface area contributed by atoms with E-state index in [1.807, 2.05) is 56.7 Å². The topological polar surface area (TPSA) is 0 Å². The van der Waals surface area contributed by atoms with Crippen LogP contribution in [0.2, 0.25) is 0 Å². The third-order valence-electron chi connectivity index (χ3n) is 2.96. The monoisotopic (exact) mass is 308 g/mol. The maximum atomic E-state index is 2.27. The standard InChI is InChI=1S/C12H4S5/c1-3-13-11-5(1)7-9(16-11)10-8(15-7)6-2-4-14-12(6)17-10/h1-4H. The number of hydrogen-bond donors (Lipinski definition) is 0. The van der Waals surface area contributed by atoms with Crippen LogP contribution in [0.1, 0.15) is 0 Å². The Hall–Kier alpha value is -0.460. The van der Waals surface area contributed by atoms with Gasteiger partial charge in [-0.1, -0.05) is 0 Å². The zero-order valence-electron chi connectivity index (χ0n) is 8.35. The second-order valence-corrected chi connectivity index (χ2v) is 9.28. The Morgan fingerprint density at radius 3 is 1.65 bits per heavy atom. The first-order valence-electron chi connectivity index (χ1n) is 5.10. The maximum Gasteiger partial charge on any atom is 0.0886 e. The predicted octanol–water partition coefficient (Wildman–Crippen LogP) is 6.61. The van der Waals surface area contributed by atoms with E-state index in [0.29, 0.717) is 0 Å². The lowest BCUT2D eigenvalue weighted by Gasteiger charge is -1.76. The van der Waals surface area contributed by atoms with Crippen LogP contribution in [-0.4, -0.2) is 0 Å². The summed E-state index contributed by atoms with van der Waals surface area (Å²) in [5.74, 6) is 0. The molecule has 0 atom stereocenters. The second kappa shape index (κ2) is 3.10. The summed E-state index contributed by atoms with van der Waals surface area (Å²) >= 11 is 9.65. The lowest BCUT2D eigenvalue weighted by Crippen LogP contribution is -1.45. The van der Waals surface area contributed by atoms with Gasteiger partial charge in [0.2, 0.25) is 0 Å². The summed E-state index contributed by atoms with van der Waals surface area (Å²) in [6.45, 7) is 0. The summed E-state index contributed by atoms with van der Waals surface area (Å²) in [5, 5.41) is 7.34. The number of rotatable bonds is 0. The average Bonchev–Trinajstić information content (AvgIpc) is 2.99. The van der Waals surface area contributed by atoms with E-state index in [4.69, 9.17) is 0 Å². The minimum Gasteiger partial charge on any atom is -0.133 e. The summed E-state index contributed by atoms with van der Waals surface area (Å²) in [6.07, 6.45) is 0. The minimum absolute atomic E-state index is 1.46. The molecule has 0 radical (unpaired) electrons. The molecule has 0 aliphatic rings. The average molecular weight is 308 g/mol. The van der Waals surface area contributed by atoms with Crippen LogP contribution in [0.15, 0.2) is 22.9 Å². The SMILES string of the molecule is c1cc2c(s1)sc1c2sc2c3ccsc3sc21. The van der Waals surface area contributed by atoms with Crippen molar-refractivity contribution in [2.75, 3.05) is 0 Å². The van der Waals surface area contributed by atoms with E-state index in [-0.39, 0.29) is 0 Å². The first-order valence-corrected chi connectivity index (χ1v) is 9.31. The Morgan fingerprint density at radius 2 is 1.12 bits per heavy atom. The van der Waals surface area contributed by atoms with Gasteiger partial charge in [0, 0.05) is 10.8 Å². The molecule has 17 heavy (non-hydrogen) atoms. The van der Waals surface area contributed by atoms with Crippen molar-refractivity contribution in [2.45, 2.75) is 0 Å². The van der Waals surface area contributed by atoms with Crippen molar-refractivity contribution in [3.8, 4) is 0 Å². The summed E-state index contributed by atoms with van der Waals surface area (Å²) in [6, 6.07) is 4.54. The van der Waals surface area contributed by atoms with E-state index in [9.17, 15) is 0 Å². The molecule has 0 aliphatic carbocycles. The molecular weight excluding hydrogens is 304 g/mol. The van der Waals surface area contributed by atoms with Crippen LogP contribution in [-0.2, 0) is 0 Å². The van der Waals surface area contributed by atoms with Crippen LogP contribution in [0.5, 0.6) is 0 Å². The van der Waals surface area contributed by atoms with E-state index in [0.717, 1.165) is 0 Å². The third kappa shape index (κ3) is 1.07. The molecule has 0 amide bonds. The van der Waals surface area contributed by atoms with Gasteiger partial charge < -0.3 is 0 Å². The molecule has 0 saturated heterocycles. The number of thiophene rings is 5. The predicted molar refractivity (Wildman–Crippen MR) is 85.9 cm³/mol. The summed E-state index contributed by atoms with van der Waals surface area (Å²) in [5.41, 5.74) is 0. The fourth-order valence-electron chi connectivity index (χ4n) is 2.21. The van der Waals surface area contributed by atoms with Gasteiger partial charge >= 0.3 is 0 Å². The fraction of sp³-hybridized carbons (Fsp3) is 0. The van der Waals surface area contributed by atoms with Gasteiger partial charge in [-0.05, 0) is 22.9 Å². The third-order valence-corrected chi connectivity index (χ3v) is 9.13. The van der Waals surface area contributed by atoms with Gasteiger partial charge in [0.1, 0.15) is 0 Å². The first kappa shape index (κ1) is 9.47. The second-order valence-electron chi connectivity index (χ2n) is 3.87. The van der Waals surface area contributed by atoms with Crippen LogP contribution in [0.25, 0.3) is 37.6 Å². The molecule has 0 N–H and O–H groups in total. The molecule has 0 aromatic carbocycles. The van der Waals surface area contributed by atoms with E-state index in [1.165, 1.54) is 37.6 Å². The summed E-state index contributed by atoms with van der Waals surface area (Å²) in [7, 11) is 0. The molecular formula is C12H4S5. The van der Waals surface area contributed by atoms with Crippen molar-refractivity contribution in [1.29, 1.82) is 0 Å². The molecule has 0 unspecified atom stereocenters. The molecule has 0 fully saturated rings.